The molecule has 2 aliphatic rings. The van der Waals surface area contributed by atoms with Crippen molar-refractivity contribution in [2.24, 2.45) is 5.92 Å². The monoisotopic (exact) mass is 419 g/mol. The molecule has 1 fully saturated rings. The first kappa shape index (κ1) is 19.6. The maximum Gasteiger partial charge on any atom is 0.224 e. The summed E-state index contributed by atoms with van der Waals surface area (Å²) in [5, 5.41) is 0. The number of hydrogen-bond donors (Lipinski definition) is 0. The predicted octanol–water partition coefficient (Wildman–Crippen LogP) is 3.32. The average molecular weight is 419 g/mol. The van der Waals surface area contributed by atoms with E-state index in [1.54, 1.807) is 18.5 Å². The van der Waals surface area contributed by atoms with Crippen LogP contribution < -0.4 is 9.47 Å². The van der Waals surface area contributed by atoms with Gasteiger partial charge in [-0.15, -0.1) is 0 Å². The highest BCUT2D eigenvalue weighted by Crippen LogP contribution is 2.32. The fourth-order valence-corrected chi connectivity index (χ4v) is 4.39. The highest BCUT2D eigenvalue weighted by Gasteiger charge is 2.28. The molecule has 31 heavy (non-hydrogen) atoms. The fourth-order valence-electron chi connectivity index (χ4n) is 4.39. The third-order valence-electron chi connectivity index (χ3n) is 6.14. The van der Waals surface area contributed by atoms with Gasteiger partial charge in [0.15, 0.2) is 17.3 Å². The topological polar surface area (TPSA) is 73.7 Å². The van der Waals surface area contributed by atoms with E-state index in [9.17, 15) is 9.59 Å². The van der Waals surface area contributed by atoms with E-state index in [4.69, 9.17) is 9.47 Å². The van der Waals surface area contributed by atoms with Gasteiger partial charge >= 0.3 is 0 Å². The quantitative estimate of drug-likeness (QED) is 0.593. The first-order chi connectivity index (χ1) is 15.2. The molecule has 160 valence electrons. The number of ether oxygens (including phenoxy) is 2. The third kappa shape index (κ3) is 4.00. The van der Waals surface area contributed by atoms with E-state index in [1.165, 1.54) is 0 Å². The van der Waals surface area contributed by atoms with Gasteiger partial charge in [-0.05, 0) is 43.2 Å². The number of aromatic nitrogens is 2. The third-order valence-corrected chi connectivity index (χ3v) is 6.14. The summed E-state index contributed by atoms with van der Waals surface area (Å²) in [4.78, 5) is 31.9. The van der Waals surface area contributed by atoms with Gasteiger partial charge in [0.1, 0.15) is 13.2 Å². The minimum atomic E-state index is -0.0656. The number of para-hydroxylation sites is 2. The van der Waals surface area contributed by atoms with E-state index < -0.39 is 0 Å². The van der Waals surface area contributed by atoms with Crippen molar-refractivity contribution in [3.8, 4) is 11.5 Å². The molecule has 5 rings (SSSR count). The number of ketones is 1. The Hall–Kier alpha value is -3.35. The Morgan fingerprint density at radius 2 is 1.77 bits per heavy atom. The van der Waals surface area contributed by atoms with E-state index in [-0.39, 0.29) is 17.6 Å². The molecule has 2 aliphatic heterocycles. The second kappa shape index (κ2) is 8.41. The lowest BCUT2D eigenvalue weighted by Gasteiger charge is -2.31. The van der Waals surface area contributed by atoms with Gasteiger partial charge in [0, 0.05) is 37.5 Å². The molecule has 0 atom stereocenters. The van der Waals surface area contributed by atoms with E-state index in [2.05, 4.69) is 4.98 Å². The Labute approximate surface area is 180 Å². The normalized spacial score (nSPS) is 16.5. The number of carbonyl (C=O) groups excluding carboxylic acids is 2. The number of aryl methyl sites for hydroxylation is 1. The molecular weight excluding hydrogens is 394 g/mol. The number of imidazole rings is 1. The van der Waals surface area contributed by atoms with Gasteiger partial charge in [-0.1, -0.05) is 12.1 Å². The number of Topliss-reactive ketones (excluding diaryl/α,β-unsaturated/α-hetero) is 1. The van der Waals surface area contributed by atoms with Crippen molar-refractivity contribution in [1.82, 2.24) is 14.5 Å². The number of likely N-dealkylation sites (tertiary alicyclic amines) is 1. The van der Waals surface area contributed by atoms with E-state index in [0.717, 1.165) is 11.0 Å². The number of benzene rings is 2. The summed E-state index contributed by atoms with van der Waals surface area (Å²) in [6.45, 7) is 2.87. The molecule has 0 aliphatic carbocycles. The van der Waals surface area contributed by atoms with Crippen molar-refractivity contribution in [3.05, 3.63) is 54.4 Å². The SMILES string of the molecule is O=C(c1ccc2c(c1)OCCO2)C1CCN(C(=O)CCn2cnc3ccccc32)CC1. The van der Waals surface area contributed by atoms with Crippen LogP contribution >= 0.6 is 0 Å². The summed E-state index contributed by atoms with van der Waals surface area (Å²) < 4.78 is 13.1. The van der Waals surface area contributed by atoms with Crippen molar-refractivity contribution in [2.75, 3.05) is 26.3 Å². The van der Waals surface area contributed by atoms with E-state index >= 15 is 0 Å². The molecule has 2 aromatic carbocycles. The van der Waals surface area contributed by atoms with Gasteiger partial charge < -0.3 is 18.9 Å². The first-order valence-electron chi connectivity index (χ1n) is 10.8. The average Bonchev–Trinajstić information content (AvgIpc) is 3.25. The number of carbonyl (C=O) groups is 2. The number of piperidine rings is 1. The van der Waals surface area contributed by atoms with Crippen LogP contribution in [0.4, 0.5) is 0 Å². The molecular formula is C24H25N3O4. The van der Waals surface area contributed by atoms with Crippen molar-refractivity contribution in [2.45, 2.75) is 25.8 Å². The van der Waals surface area contributed by atoms with Gasteiger partial charge in [-0.2, -0.15) is 0 Å². The minimum absolute atomic E-state index is 0.0656. The van der Waals surface area contributed by atoms with Crippen LogP contribution in [-0.2, 0) is 11.3 Å². The van der Waals surface area contributed by atoms with Gasteiger partial charge in [0.2, 0.25) is 5.91 Å². The van der Waals surface area contributed by atoms with Crippen molar-refractivity contribution in [3.63, 3.8) is 0 Å². The highest BCUT2D eigenvalue weighted by molar-refractivity contribution is 5.98. The van der Waals surface area contributed by atoms with Gasteiger partial charge in [0.25, 0.3) is 0 Å². The van der Waals surface area contributed by atoms with Crippen LogP contribution in [0.15, 0.2) is 48.8 Å². The summed E-state index contributed by atoms with van der Waals surface area (Å²) >= 11 is 0. The first-order valence-corrected chi connectivity index (χ1v) is 10.8. The minimum Gasteiger partial charge on any atom is -0.486 e. The fraction of sp³-hybridized carbons (Fsp3) is 0.375. The number of rotatable bonds is 5. The zero-order valence-electron chi connectivity index (χ0n) is 17.3. The summed E-state index contributed by atoms with van der Waals surface area (Å²) in [6.07, 6.45) is 3.59. The molecule has 3 heterocycles. The van der Waals surface area contributed by atoms with Crippen LogP contribution in [0.2, 0.25) is 0 Å². The Morgan fingerprint density at radius 3 is 2.61 bits per heavy atom. The maximum absolute atomic E-state index is 13.0. The van der Waals surface area contributed by atoms with Gasteiger partial charge in [0.05, 0.1) is 17.4 Å². The lowest BCUT2D eigenvalue weighted by Crippen LogP contribution is -2.40. The Kier molecular flexibility index (Phi) is 5.32. The molecule has 0 bridgehead atoms. The Balaban J connectivity index is 1.15. The Morgan fingerprint density at radius 1 is 1.00 bits per heavy atom. The molecule has 0 saturated carbocycles. The number of amides is 1. The highest BCUT2D eigenvalue weighted by atomic mass is 16.6. The molecule has 3 aromatic rings. The molecule has 7 heteroatoms. The largest absolute Gasteiger partial charge is 0.486 e. The second-order valence-corrected chi connectivity index (χ2v) is 8.05. The van der Waals surface area contributed by atoms with Crippen LogP contribution in [0.1, 0.15) is 29.6 Å². The van der Waals surface area contributed by atoms with Crippen LogP contribution in [0, 0.1) is 5.92 Å². The van der Waals surface area contributed by atoms with Gasteiger partial charge in [-0.3, -0.25) is 9.59 Å². The predicted molar refractivity (Wildman–Crippen MR) is 115 cm³/mol. The molecule has 1 saturated heterocycles. The standard InChI is InChI=1S/C24H25N3O4/c28-23(9-12-27-16-25-19-3-1-2-4-20(19)27)26-10-7-17(8-11-26)24(29)18-5-6-21-22(15-18)31-14-13-30-21/h1-6,15-17H,7-14H2. The van der Waals surface area contributed by atoms with Crippen LogP contribution in [0.25, 0.3) is 11.0 Å². The number of hydrogen-bond acceptors (Lipinski definition) is 5. The molecule has 0 unspecified atom stereocenters. The van der Waals surface area contributed by atoms with Crippen LogP contribution in [0.3, 0.4) is 0 Å². The smallest absolute Gasteiger partial charge is 0.224 e. The number of fused-ring (bicyclic) bond motifs is 2. The molecule has 0 spiro atoms. The van der Waals surface area contributed by atoms with Gasteiger partial charge in [-0.25, -0.2) is 4.98 Å². The Bertz CT molecular complexity index is 1110. The van der Waals surface area contributed by atoms with Crippen molar-refractivity contribution < 1.29 is 19.1 Å². The van der Waals surface area contributed by atoms with E-state index in [0.29, 0.717) is 69.2 Å². The zero-order chi connectivity index (χ0) is 21.2. The van der Waals surface area contributed by atoms with Crippen LogP contribution in [0.5, 0.6) is 11.5 Å². The number of nitrogens with zero attached hydrogens (tertiary/aromatic N) is 3. The summed E-state index contributed by atoms with van der Waals surface area (Å²) in [5.74, 6) is 1.51. The van der Waals surface area contributed by atoms with Crippen LogP contribution in [-0.4, -0.2) is 52.4 Å². The van der Waals surface area contributed by atoms with Crippen molar-refractivity contribution >= 4 is 22.7 Å². The lowest BCUT2D eigenvalue weighted by atomic mass is 9.88. The molecule has 1 aromatic heterocycles. The van der Waals surface area contributed by atoms with E-state index in [1.807, 2.05) is 39.8 Å². The second-order valence-electron chi connectivity index (χ2n) is 8.05. The summed E-state index contributed by atoms with van der Waals surface area (Å²) in [5.41, 5.74) is 2.63. The lowest BCUT2D eigenvalue weighted by molar-refractivity contribution is -0.132. The molecule has 7 nitrogen and oxygen atoms in total. The molecule has 0 N–H and O–H groups in total. The summed E-state index contributed by atoms with van der Waals surface area (Å²) in [7, 11) is 0. The maximum atomic E-state index is 13.0. The molecule has 1 amide bonds. The zero-order valence-corrected chi connectivity index (χ0v) is 17.3. The summed E-state index contributed by atoms with van der Waals surface area (Å²) in [6, 6.07) is 13.3. The molecule has 0 radical (unpaired) electrons. The van der Waals surface area contributed by atoms with Crippen molar-refractivity contribution in [1.29, 1.82) is 0 Å².